The van der Waals surface area contributed by atoms with Crippen molar-refractivity contribution in [1.29, 1.82) is 0 Å². The minimum absolute atomic E-state index is 0.0129. The number of nitrogens with zero attached hydrogens (tertiary/aromatic N) is 2. The van der Waals surface area contributed by atoms with Gasteiger partial charge in [-0.15, -0.1) is 11.3 Å². The number of aromatic nitrogens is 1. The highest BCUT2D eigenvalue weighted by Gasteiger charge is 2.36. The van der Waals surface area contributed by atoms with Crippen LogP contribution in [0.5, 0.6) is 0 Å². The van der Waals surface area contributed by atoms with Gasteiger partial charge in [0.25, 0.3) is 0 Å². The first-order valence-corrected chi connectivity index (χ1v) is 9.88. The second-order valence-corrected chi connectivity index (χ2v) is 8.26. The molecule has 5 nitrogen and oxygen atoms in total. The molecule has 0 unspecified atom stereocenters. The summed E-state index contributed by atoms with van der Waals surface area (Å²) in [4.78, 5) is 31.1. The fourth-order valence-corrected chi connectivity index (χ4v) is 4.05. The second-order valence-electron chi connectivity index (χ2n) is 7.37. The standard InChI is InChI=1S/C18H27N3O2S/c1-11(2)17-20-15(10-24-17)12(3)19-16(22)13-6-8-21(9-7-13)18(23)14-4-5-14/h10-14H,4-9H2,1-3H3,(H,19,22)/t12-/m0/s1. The molecule has 1 atom stereocenters. The van der Waals surface area contributed by atoms with Crippen molar-refractivity contribution in [2.45, 2.75) is 58.4 Å². The lowest BCUT2D eigenvalue weighted by molar-refractivity contribution is -0.136. The van der Waals surface area contributed by atoms with Gasteiger partial charge in [-0.25, -0.2) is 4.98 Å². The zero-order valence-electron chi connectivity index (χ0n) is 14.7. The highest BCUT2D eigenvalue weighted by molar-refractivity contribution is 7.09. The minimum Gasteiger partial charge on any atom is -0.348 e. The maximum Gasteiger partial charge on any atom is 0.225 e. The molecular formula is C18H27N3O2S. The van der Waals surface area contributed by atoms with Gasteiger partial charge in [-0.2, -0.15) is 0 Å². The van der Waals surface area contributed by atoms with Gasteiger partial charge in [0, 0.05) is 36.2 Å². The van der Waals surface area contributed by atoms with Gasteiger partial charge in [0.1, 0.15) is 0 Å². The number of amides is 2. The molecular weight excluding hydrogens is 322 g/mol. The minimum atomic E-state index is -0.0626. The van der Waals surface area contributed by atoms with Crippen LogP contribution in [0.1, 0.15) is 69.1 Å². The van der Waals surface area contributed by atoms with E-state index in [0.29, 0.717) is 11.8 Å². The molecule has 0 spiro atoms. The predicted molar refractivity (Wildman–Crippen MR) is 94.8 cm³/mol. The fourth-order valence-electron chi connectivity index (χ4n) is 3.12. The Morgan fingerprint density at radius 2 is 1.83 bits per heavy atom. The summed E-state index contributed by atoms with van der Waals surface area (Å²) in [6, 6.07) is -0.0626. The van der Waals surface area contributed by atoms with E-state index in [1.54, 1.807) is 11.3 Å². The fraction of sp³-hybridized carbons (Fsp3) is 0.722. The topological polar surface area (TPSA) is 62.3 Å². The van der Waals surface area contributed by atoms with Crippen molar-refractivity contribution in [3.8, 4) is 0 Å². The lowest BCUT2D eigenvalue weighted by atomic mass is 9.95. The van der Waals surface area contributed by atoms with Crippen LogP contribution in [0.3, 0.4) is 0 Å². The molecule has 1 aliphatic carbocycles. The number of nitrogens with one attached hydrogen (secondary N) is 1. The summed E-state index contributed by atoms with van der Waals surface area (Å²) < 4.78 is 0. The van der Waals surface area contributed by atoms with Crippen molar-refractivity contribution in [3.63, 3.8) is 0 Å². The number of rotatable bonds is 5. The van der Waals surface area contributed by atoms with Crippen LogP contribution in [-0.4, -0.2) is 34.8 Å². The third-order valence-electron chi connectivity index (χ3n) is 4.94. The van der Waals surface area contributed by atoms with Gasteiger partial charge in [-0.3, -0.25) is 9.59 Å². The van der Waals surface area contributed by atoms with Crippen molar-refractivity contribution in [2.24, 2.45) is 11.8 Å². The Morgan fingerprint density at radius 1 is 1.17 bits per heavy atom. The van der Waals surface area contributed by atoms with Crippen LogP contribution in [0.4, 0.5) is 0 Å². The van der Waals surface area contributed by atoms with Crippen molar-refractivity contribution in [3.05, 3.63) is 16.1 Å². The van der Waals surface area contributed by atoms with Crippen LogP contribution in [0.25, 0.3) is 0 Å². The number of piperidine rings is 1. The summed E-state index contributed by atoms with van der Waals surface area (Å²) in [5.41, 5.74) is 0.943. The smallest absolute Gasteiger partial charge is 0.225 e. The summed E-state index contributed by atoms with van der Waals surface area (Å²) in [7, 11) is 0. The Morgan fingerprint density at radius 3 is 2.38 bits per heavy atom. The van der Waals surface area contributed by atoms with E-state index in [2.05, 4.69) is 24.1 Å². The van der Waals surface area contributed by atoms with Crippen LogP contribution in [0, 0.1) is 11.8 Å². The summed E-state index contributed by atoms with van der Waals surface area (Å²) in [6.45, 7) is 7.68. The maximum absolute atomic E-state index is 12.5. The first-order valence-electron chi connectivity index (χ1n) is 9.00. The van der Waals surface area contributed by atoms with Gasteiger partial charge in [0.05, 0.1) is 16.7 Å². The van der Waals surface area contributed by atoms with Gasteiger partial charge >= 0.3 is 0 Å². The Bertz CT molecular complexity index is 601. The lowest BCUT2D eigenvalue weighted by Gasteiger charge is -2.32. The molecule has 24 heavy (non-hydrogen) atoms. The molecule has 1 aromatic heterocycles. The van der Waals surface area contributed by atoms with E-state index in [9.17, 15) is 9.59 Å². The SMILES string of the molecule is CC(C)c1nc([C@H](C)NC(=O)C2CCN(C(=O)C3CC3)CC2)cs1. The van der Waals surface area contributed by atoms with Crippen molar-refractivity contribution >= 4 is 23.2 Å². The predicted octanol–water partition coefficient (Wildman–Crippen LogP) is 3.09. The number of hydrogen-bond donors (Lipinski definition) is 1. The van der Waals surface area contributed by atoms with E-state index in [1.807, 2.05) is 17.2 Å². The molecule has 1 saturated heterocycles. The highest BCUT2D eigenvalue weighted by Crippen LogP contribution is 2.32. The number of hydrogen-bond acceptors (Lipinski definition) is 4. The summed E-state index contributed by atoms with van der Waals surface area (Å²) in [5, 5.41) is 6.25. The molecule has 132 valence electrons. The number of thiazole rings is 1. The Labute approximate surface area is 147 Å². The normalized spacial score (nSPS) is 20.2. The van der Waals surface area contributed by atoms with Crippen LogP contribution >= 0.6 is 11.3 Å². The van der Waals surface area contributed by atoms with Crippen LogP contribution in [0.2, 0.25) is 0 Å². The molecule has 1 aromatic rings. The van der Waals surface area contributed by atoms with Gasteiger partial charge in [0.15, 0.2) is 0 Å². The molecule has 2 amide bonds. The molecule has 0 aromatic carbocycles. The maximum atomic E-state index is 12.5. The first kappa shape index (κ1) is 17.4. The Hall–Kier alpha value is -1.43. The summed E-state index contributed by atoms with van der Waals surface area (Å²) in [6.07, 6.45) is 3.63. The van der Waals surface area contributed by atoms with Gasteiger partial charge in [-0.05, 0) is 32.6 Å². The van der Waals surface area contributed by atoms with Gasteiger partial charge in [-0.1, -0.05) is 13.8 Å². The molecule has 0 bridgehead atoms. The van der Waals surface area contributed by atoms with Crippen molar-refractivity contribution in [1.82, 2.24) is 15.2 Å². The molecule has 0 radical (unpaired) electrons. The molecule has 2 fully saturated rings. The Kier molecular flexibility index (Phi) is 5.23. The van der Waals surface area contributed by atoms with Crippen LogP contribution in [-0.2, 0) is 9.59 Å². The van der Waals surface area contributed by atoms with Crippen molar-refractivity contribution < 1.29 is 9.59 Å². The van der Waals surface area contributed by atoms with E-state index in [0.717, 1.165) is 49.5 Å². The Balaban J connectivity index is 1.48. The average Bonchev–Trinajstić information content (AvgIpc) is 3.29. The summed E-state index contributed by atoms with van der Waals surface area (Å²) in [5.74, 6) is 1.10. The van der Waals surface area contributed by atoms with E-state index in [4.69, 9.17) is 0 Å². The molecule has 3 rings (SSSR count). The highest BCUT2D eigenvalue weighted by atomic mass is 32.1. The molecule has 2 aliphatic rings. The number of carbonyl (C=O) groups excluding carboxylic acids is 2. The molecule has 1 aliphatic heterocycles. The number of likely N-dealkylation sites (tertiary alicyclic amines) is 1. The zero-order valence-corrected chi connectivity index (χ0v) is 15.6. The third kappa shape index (κ3) is 3.97. The van der Waals surface area contributed by atoms with Gasteiger partial charge in [0.2, 0.25) is 11.8 Å². The molecule has 1 N–H and O–H groups in total. The lowest BCUT2D eigenvalue weighted by Crippen LogP contribution is -2.44. The largest absolute Gasteiger partial charge is 0.348 e. The molecule has 6 heteroatoms. The van der Waals surface area contributed by atoms with E-state index >= 15 is 0 Å². The second kappa shape index (κ2) is 7.21. The summed E-state index contributed by atoms with van der Waals surface area (Å²) >= 11 is 1.65. The number of carbonyl (C=O) groups is 2. The van der Waals surface area contributed by atoms with E-state index in [1.165, 1.54) is 0 Å². The quantitative estimate of drug-likeness (QED) is 0.888. The first-order chi connectivity index (χ1) is 11.5. The van der Waals surface area contributed by atoms with Crippen LogP contribution < -0.4 is 5.32 Å². The van der Waals surface area contributed by atoms with Crippen molar-refractivity contribution in [2.75, 3.05) is 13.1 Å². The monoisotopic (exact) mass is 349 g/mol. The molecule has 2 heterocycles. The molecule has 1 saturated carbocycles. The van der Waals surface area contributed by atoms with Gasteiger partial charge < -0.3 is 10.2 Å². The van der Waals surface area contributed by atoms with E-state index < -0.39 is 0 Å². The van der Waals surface area contributed by atoms with E-state index in [-0.39, 0.29) is 23.8 Å². The average molecular weight is 350 g/mol. The third-order valence-corrected chi connectivity index (χ3v) is 6.10. The zero-order chi connectivity index (χ0) is 17.3. The van der Waals surface area contributed by atoms with Crippen LogP contribution in [0.15, 0.2) is 5.38 Å².